The maximum Gasteiger partial charge on any atom is 0.192 e. The lowest BCUT2D eigenvalue weighted by atomic mass is 9.97. The van der Waals surface area contributed by atoms with Crippen LogP contribution in [0.15, 0.2) is 48.0 Å². The van der Waals surface area contributed by atoms with E-state index in [1.54, 1.807) is 18.2 Å². The van der Waals surface area contributed by atoms with Crippen molar-refractivity contribution in [2.24, 2.45) is 0 Å². The smallest absolute Gasteiger partial charge is 0.192 e. The molecular weight excluding hydrogens is 274 g/mol. The molecule has 0 atom stereocenters. The van der Waals surface area contributed by atoms with Crippen LogP contribution in [0.5, 0.6) is 5.75 Å². The van der Waals surface area contributed by atoms with Gasteiger partial charge in [0.25, 0.3) is 0 Å². The lowest BCUT2D eigenvalue weighted by Gasteiger charge is -2.08. The van der Waals surface area contributed by atoms with Gasteiger partial charge in [0.1, 0.15) is 5.75 Å². The van der Waals surface area contributed by atoms with E-state index in [-0.39, 0.29) is 5.78 Å². The van der Waals surface area contributed by atoms with E-state index in [0.717, 1.165) is 11.1 Å². The highest BCUT2D eigenvalue weighted by molar-refractivity contribution is 6.13. The van der Waals surface area contributed by atoms with Gasteiger partial charge in [0.15, 0.2) is 5.78 Å². The van der Waals surface area contributed by atoms with Crippen LogP contribution in [0.2, 0.25) is 0 Å². The fraction of sp³-hybridized carbons (Fsp3) is 0.158. The Morgan fingerprint density at radius 1 is 1.23 bits per heavy atom. The first-order chi connectivity index (χ1) is 10.7. The van der Waals surface area contributed by atoms with Crippen LogP contribution in [0.4, 0.5) is 0 Å². The first kappa shape index (κ1) is 14.1. The Bertz CT molecular complexity index is 812. The van der Waals surface area contributed by atoms with E-state index in [4.69, 9.17) is 10.00 Å². The molecule has 0 amide bonds. The molecular formula is C19H15NO2. The number of para-hydroxylation sites is 1. The van der Waals surface area contributed by atoms with Gasteiger partial charge in [-0.3, -0.25) is 4.79 Å². The third kappa shape index (κ3) is 2.64. The van der Waals surface area contributed by atoms with Crippen LogP contribution in [0.3, 0.4) is 0 Å². The second-order valence-electron chi connectivity index (χ2n) is 5.29. The zero-order valence-electron chi connectivity index (χ0n) is 12.3. The third-order valence-corrected chi connectivity index (χ3v) is 3.72. The normalized spacial score (nSPS) is 15.6. The first-order valence-corrected chi connectivity index (χ1v) is 7.17. The van der Waals surface area contributed by atoms with Gasteiger partial charge in [0.05, 0.1) is 23.8 Å². The van der Waals surface area contributed by atoms with E-state index >= 15 is 0 Å². The summed E-state index contributed by atoms with van der Waals surface area (Å²) in [7, 11) is 0. The molecule has 108 valence electrons. The average Bonchev–Trinajstić information content (AvgIpc) is 2.69. The Morgan fingerprint density at radius 2 is 2.05 bits per heavy atom. The van der Waals surface area contributed by atoms with Crippen molar-refractivity contribution >= 4 is 11.9 Å². The molecule has 2 aromatic rings. The van der Waals surface area contributed by atoms with Crippen molar-refractivity contribution in [2.45, 2.75) is 13.3 Å². The largest absolute Gasteiger partial charge is 0.492 e. The van der Waals surface area contributed by atoms with Gasteiger partial charge in [-0.15, -0.1) is 0 Å². The molecule has 3 heteroatoms. The van der Waals surface area contributed by atoms with E-state index in [1.807, 2.05) is 37.3 Å². The predicted octanol–water partition coefficient (Wildman–Crippen LogP) is 3.92. The molecule has 0 spiro atoms. The van der Waals surface area contributed by atoms with Crippen LogP contribution >= 0.6 is 0 Å². The molecule has 0 N–H and O–H groups in total. The molecule has 2 aromatic carbocycles. The highest BCUT2D eigenvalue weighted by Crippen LogP contribution is 2.30. The molecule has 0 unspecified atom stereocenters. The van der Waals surface area contributed by atoms with Gasteiger partial charge in [0, 0.05) is 12.0 Å². The van der Waals surface area contributed by atoms with Gasteiger partial charge >= 0.3 is 0 Å². The molecule has 1 heterocycles. The number of ketones is 1. The van der Waals surface area contributed by atoms with Crippen molar-refractivity contribution in [2.75, 3.05) is 6.61 Å². The third-order valence-electron chi connectivity index (χ3n) is 3.72. The van der Waals surface area contributed by atoms with E-state index < -0.39 is 0 Å². The minimum atomic E-state index is -0.00133. The summed E-state index contributed by atoms with van der Waals surface area (Å²) >= 11 is 0. The predicted molar refractivity (Wildman–Crippen MR) is 84.8 cm³/mol. The Labute approximate surface area is 129 Å². The van der Waals surface area contributed by atoms with E-state index in [1.165, 1.54) is 0 Å². The molecule has 3 nitrogen and oxygen atoms in total. The summed E-state index contributed by atoms with van der Waals surface area (Å²) in [5.74, 6) is 0.681. The van der Waals surface area contributed by atoms with Gasteiger partial charge in [-0.05, 0) is 42.3 Å². The minimum Gasteiger partial charge on any atom is -0.492 e. The fourth-order valence-electron chi connectivity index (χ4n) is 2.61. The van der Waals surface area contributed by atoms with E-state index in [9.17, 15) is 4.79 Å². The maximum absolute atomic E-state index is 12.7. The zero-order valence-corrected chi connectivity index (χ0v) is 12.3. The molecule has 22 heavy (non-hydrogen) atoms. The minimum absolute atomic E-state index is 0.00133. The highest BCUT2D eigenvalue weighted by atomic mass is 16.5. The van der Waals surface area contributed by atoms with Crippen LogP contribution in [0.1, 0.15) is 33.5 Å². The second kappa shape index (κ2) is 5.87. The number of Topliss-reactive ketones (excluding diaryl/α,β-unsaturated/α-hetero) is 1. The molecule has 0 saturated heterocycles. The fourth-order valence-corrected chi connectivity index (χ4v) is 2.61. The summed E-state index contributed by atoms with van der Waals surface area (Å²) < 4.78 is 5.75. The molecule has 0 fully saturated rings. The quantitative estimate of drug-likeness (QED) is 0.748. The summed E-state index contributed by atoms with van der Waals surface area (Å²) in [4.78, 5) is 12.7. The topological polar surface area (TPSA) is 50.1 Å². The van der Waals surface area contributed by atoms with Crippen molar-refractivity contribution in [1.82, 2.24) is 0 Å². The molecule has 0 radical (unpaired) electrons. The van der Waals surface area contributed by atoms with E-state index in [2.05, 4.69) is 6.07 Å². The number of hydrogen-bond acceptors (Lipinski definition) is 3. The average molecular weight is 289 g/mol. The van der Waals surface area contributed by atoms with Crippen molar-refractivity contribution in [3.05, 3.63) is 70.3 Å². The Hall–Kier alpha value is -2.86. The highest BCUT2D eigenvalue weighted by Gasteiger charge is 2.22. The van der Waals surface area contributed by atoms with Crippen LogP contribution in [0.25, 0.3) is 6.08 Å². The summed E-state index contributed by atoms with van der Waals surface area (Å²) in [6.07, 6.45) is 2.41. The monoisotopic (exact) mass is 289 g/mol. The standard InChI is InChI=1S/C19H15NO2/c1-13-4-2-7-17-18(21)16(8-9-22-19(13)17)11-14-5-3-6-15(10-14)12-20/h2-7,10-11H,8-9H2,1H3. The van der Waals surface area contributed by atoms with Crippen LogP contribution in [-0.4, -0.2) is 12.4 Å². The summed E-state index contributed by atoms with van der Waals surface area (Å²) in [5, 5.41) is 8.97. The van der Waals surface area contributed by atoms with Gasteiger partial charge in [-0.1, -0.05) is 24.3 Å². The number of nitriles is 1. The molecule has 1 aliphatic rings. The molecule has 0 saturated carbocycles. The van der Waals surface area contributed by atoms with Crippen LogP contribution in [0, 0.1) is 18.3 Å². The maximum atomic E-state index is 12.7. The first-order valence-electron chi connectivity index (χ1n) is 7.17. The van der Waals surface area contributed by atoms with Crippen molar-refractivity contribution in [3.63, 3.8) is 0 Å². The zero-order chi connectivity index (χ0) is 15.5. The van der Waals surface area contributed by atoms with Gasteiger partial charge in [-0.25, -0.2) is 0 Å². The Balaban J connectivity index is 2.03. The molecule has 0 bridgehead atoms. The van der Waals surface area contributed by atoms with Crippen molar-refractivity contribution < 1.29 is 9.53 Å². The number of aryl methyl sites for hydroxylation is 1. The number of carbonyl (C=O) groups excluding carboxylic acids is 1. The van der Waals surface area contributed by atoms with Gasteiger partial charge in [0.2, 0.25) is 0 Å². The Kier molecular flexibility index (Phi) is 3.76. The lowest BCUT2D eigenvalue weighted by Crippen LogP contribution is -2.02. The second-order valence-corrected chi connectivity index (χ2v) is 5.29. The number of rotatable bonds is 1. The van der Waals surface area contributed by atoms with Crippen LogP contribution in [-0.2, 0) is 0 Å². The molecule has 0 aliphatic carbocycles. The van der Waals surface area contributed by atoms with Gasteiger partial charge < -0.3 is 4.74 Å². The number of nitrogens with zero attached hydrogens (tertiary/aromatic N) is 1. The lowest BCUT2D eigenvalue weighted by molar-refractivity contribution is 0.103. The van der Waals surface area contributed by atoms with Gasteiger partial charge in [-0.2, -0.15) is 5.26 Å². The molecule has 1 aliphatic heterocycles. The van der Waals surface area contributed by atoms with E-state index in [0.29, 0.717) is 35.5 Å². The number of carbonyl (C=O) groups is 1. The summed E-state index contributed by atoms with van der Waals surface area (Å²) in [5.41, 5.74) is 3.74. The summed E-state index contributed by atoms with van der Waals surface area (Å²) in [6.45, 7) is 2.42. The number of fused-ring (bicyclic) bond motifs is 1. The molecule has 3 rings (SSSR count). The SMILES string of the molecule is Cc1cccc2c1OCCC(=Cc1cccc(C#N)c1)C2=O. The van der Waals surface area contributed by atoms with Crippen molar-refractivity contribution in [3.8, 4) is 11.8 Å². The molecule has 0 aromatic heterocycles. The van der Waals surface area contributed by atoms with Crippen molar-refractivity contribution in [1.29, 1.82) is 5.26 Å². The van der Waals surface area contributed by atoms with Crippen LogP contribution < -0.4 is 4.74 Å². The number of benzene rings is 2. The Morgan fingerprint density at radius 3 is 2.86 bits per heavy atom. The summed E-state index contributed by atoms with van der Waals surface area (Å²) in [6, 6.07) is 15.0. The number of hydrogen-bond donors (Lipinski definition) is 0. The number of ether oxygens (including phenoxy) is 1.